The molecule has 3 aromatic rings. The lowest BCUT2D eigenvalue weighted by Gasteiger charge is -2.35. The number of carbonyl (C=O) groups excluding carboxylic acids is 1. The van der Waals surface area contributed by atoms with Crippen LogP contribution in [0.4, 0.5) is 10.2 Å². The van der Waals surface area contributed by atoms with Crippen LogP contribution in [0.2, 0.25) is 0 Å². The van der Waals surface area contributed by atoms with Crippen LogP contribution in [-0.4, -0.2) is 57.2 Å². The largest absolute Gasteiger partial charge is 0.352 e. The van der Waals surface area contributed by atoms with Gasteiger partial charge in [0, 0.05) is 50.6 Å². The highest BCUT2D eigenvalue weighted by Gasteiger charge is 2.25. The number of piperazine rings is 1. The van der Waals surface area contributed by atoms with Crippen LogP contribution >= 0.6 is 0 Å². The second-order valence-corrected chi connectivity index (χ2v) is 8.50. The quantitative estimate of drug-likeness (QED) is 0.657. The summed E-state index contributed by atoms with van der Waals surface area (Å²) >= 11 is 0. The lowest BCUT2D eigenvalue weighted by atomic mass is 9.90. The number of fused-ring (bicyclic) bond motifs is 1. The summed E-state index contributed by atoms with van der Waals surface area (Å²) < 4.78 is 14.6. The summed E-state index contributed by atoms with van der Waals surface area (Å²) in [6.07, 6.45) is 9.01. The zero-order valence-electron chi connectivity index (χ0n) is 18.3. The Bertz CT molecular complexity index is 1220. The van der Waals surface area contributed by atoms with Crippen LogP contribution in [0.25, 0.3) is 0 Å². The van der Waals surface area contributed by atoms with Crippen molar-refractivity contribution in [1.29, 1.82) is 0 Å². The third kappa shape index (κ3) is 4.35. The summed E-state index contributed by atoms with van der Waals surface area (Å²) in [5.41, 5.74) is 3.35. The summed E-state index contributed by atoms with van der Waals surface area (Å²) in [4.78, 5) is 37.4. The molecule has 1 aliphatic heterocycles. The third-order valence-electron chi connectivity index (χ3n) is 6.46. The van der Waals surface area contributed by atoms with Crippen molar-refractivity contribution in [3.8, 4) is 0 Å². The molecule has 33 heavy (non-hydrogen) atoms. The summed E-state index contributed by atoms with van der Waals surface area (Å²) in [7, 11) is 0. The van der Waals surface area contributed by atoms with Crippen molar-refractivity contribution >= 4 is 11.7 Å². The van der Waals surface area contributed by atoms with Gasteiger partial charge in [-0.3, -0.25) is 14.6 Å². The van der Waals surface area contributed by atoms with Gasteiger partial charge < -0.3 is 9.80 Å². The molecule has 170 valence electrons. The molecule has 2 aromatic heterocycles. The Morgan fingerprint density at radius 1 is 1.06 bits per heavy atom. The monoisotopic (exact) mass is 448 g/mol. The SMILES string of the molecule is O=C(c1cc(Cc2n[nH]c(=O)c3c2CCCC3)ccc1F)N1CCN(c2cnccn2)CC1. The van der Waals surface area contributed by atoms with Gasteiger partial charge in [0.25, 0.3) is 11.5 Å². The fourth-order valence-electron chi connectivity index (χ4n) is 4.68. The Hall–Kier alpha value is -3.62. The van der Waals surface area contributed by atoms with E-state index in [1.54, 1.807) is 35.6 Å². The first-order chi connectivity index (χ1) is 16.1. The molecular formula is C24H25FN6O2. The smallest absolute Gasteiger partial charge is 0.267 e. The van der Waals surface area contributed by atoms with Crippen LogP contribution in [0.15, 0.2) is 41.6 Å². The lowest BCUT2D eigenvalue weighted by Crippen LogP contribution is -2.49. The molecular weight excluding hydrogens is 423 g/mol. The number of H-pyrrole nitrogens is 1. The number of amides is 1. The van der Waals surface area contributed by atoms with Crippen molar-refractivity contribution in [2.45, 2.75) is 32.1 Å². The van der Waals surface area contributed by atoms with Crippen molar-refractivity contribution in [3.05, 3.63) is 80.9 Å². The molecule has 9 heteroatoms. The molecule has 1 N–H and O–H groups in total. The molecule has 3 heterocycles. The van der Waals surface area contributed by atoms with E-state index in [1.807, 2.05) is 0 Å². The molecule has 0 unspecified atom stereocenters. The number of halogens is 1. The molecule has 2 aliphatic rings. The maximum atomic E-state index is 14.6. The number of anilines is 1. The zero-order chi connectivity index (χ0) is 22.8. The maximum Gasteiger partial charge on any atom is 0.267 e. The van der Waals surface area contributed by atoms with Gasteiger partial charge >= 0.3 is 0 Å². The van der Waals surface area contributed by atoms with Gasteiger partial charge in [0.05, 0.1) is 17.5 Å². The number of hydrogen-bond acceptors (Lipinski definition) is 6. The topological polar surface area (TPSA) is 95.1 Å². The fraction of sp³-hybridized carbons (Fsp3) is 0.375. The molecule has 0 radical (unpaired) electrons. The minimum Gasteiger partial charge on any atom is -0.352 e. The minimum atomic E-state index is -0.531. The highest BCUT2D eigenvalue weighted by Crippen LogP contribution is 2.23. The first-order valence-corrected chi connectivity index (χ1v) is 11.3. The van der Waals surface area contributed by atoms with Crippen molar-refractivity contribution in [2.75, 3.05) is 31.1 Å². The predicted octanol–water partition coefficient (Wildman–Crippen LogP) is 2.13. The van der Waals surface area contributed by atoms with Crippen molar-refractivity contribution in [1.82, 2.24) is 25.1 Å². The second kappa shape index (κ2) is 9.09. The number of benzene rings is 1. The van der Waals surface area contributed by atoms with E-state index in [0.717, 1.165) is 53.9 Å². The first kappa shape index (κ1) is 21.2. The summed E-state index contributed by atoms with van der Waals surface area (Å²) in [6, 6.07) is 4.64. The molecule has 1 amide bonds. The fourth-order valence-corrected chi connectivity index (χ4v) is 4.68. The first-order valence-electron chi connectivity index (χ1n) is 11.3. The molecule has 0 bridgehead atoms. The van der Waals surface area contributed by atoms with Crippen LogP contribution in [-0.2, 0) is 19.3 Å². The number of rotatable bonds is 4. The van der Waals surface area contributed by atoms with Crippen molar-refractivity contribution in [2.24, 2.45) is 0 Å². The number of hydrogen-bond donors (Lipinski definition) is 1. The Morgan fingerprint density at radius 3 is 2.61 bits per heavy atom. The van der Waals surface area contributed by atoms with Crippen LogP contribution < -0.4 is 10.5 Å². The Kier molecular flexibility index (Phi) is 5.85. The minimum absolute atomic E-state index is 0.0683. The molecule has 0 saturated carbocycles. The zero-order valence-corrected chi connectivity index (χ0v) is 18.3. The number of carbonyl (C=O) groups is 1. The molecule has 0 spiro atoms. The average molecular weight is 449 g/mol. The van der Waals surface area contributed by atoms with Gasteiger partial charge in [-0.05, 0) is 48.9 Å². The predicted molar refractivity (Wildman–Crippen MR) is 121 cm³/mol. The van der Waals surface area contributed by atoms with Crippen LogP contribution in [0.1, 0.15) is 45.6 Å². The van der Waals surface area contributed by atoms with Gasteiger partial charge in [0.2, 0.25) is 0 Å². The normalized spacial score (nSPS) is 15.9. The van der Waals surface area contributed by atoms with E-state index >= 15 is 0 Å². The van der Waals surface area contributed by atoms with Crippen LogP contribution in [0.5, 0.6) is 0 Å². The standard InChI is InChI=1S/C24H25FN6O2/c25-20-6-5-16(14-21-17-3-1-2-4-18(17)23(32)29-28-21)13-19(20)24(33)31-11-9-30(10-12-31)22-15-26-7-8-27-22/h5-8,13,15H,1-4,9-12,14H2,(H,29,32). The van der Waals surface area contributed by atoms with Gasteiger partial charge in [-0.1, -0.05) is 6.07 Å². The van der Waals surface area contributed by atoms with Gasteiger partial charge in [-0.15, -0.1) is 0 Å². The molecule has 1 saturated heterocycles. The number of nitrogens with one attached hydrogen (secondary N) is 1. The summed E-state index contributed by atoms with van der Waals surface area (Å²) in [6.45, 7) is 2.18. The van der Waals surface area contributed by atoms with E-state index in [1.165, 1.54) is 6.07 Å². The van der Waals surface area contributed by atoms with Gasteiger partial charge in [0.15, 0.2) is 0 Å². The molecule has 1 fully saturated rings. The van der Waals surface area contributed by atoms with Crippen molar-refractivity contribution in [3.63, 3.8) is 0 Å². The molecule has 1 aromatic carbocycles. The van der Waals surface area contributed by atoms with E-state index in [4.69, 9.17) is 0 Å². The second-order valence-electron chi connectivity index (χ2n) is 8.50. The average Bonchev–Trinajstić information content (AvgIpc) is 2.87. The Balaban J connectivity index is 1.32. The summed E-state index contributed by atoms with van der Waals surface area (Å²) in [5, 5.41) is 6.86. The van der Waals surface area contributed by atoms with Gasteiger partial charge in [-0.2, -0.15) is 5.10 Å². The Labute approximate surface area is 190 Å². The lowest BCUT2D eigenvalue weighted by molar-refractivity contribution is 0.0741. The van der Waals surface area contributed by atoms with Gasteiger partial charge in [-0.25, -0.2) is 14.5 Å². The van der Waals surface area contributed by atoms with Crippen LogP contribution in [0.3, 0.4) is 0 Å². The molecule has 0 atom stereocenters. The number of aromatic amines is 1. The molecule has 5 rings (SSSR count). The van der Waals surface area contributed by atoms with E-state index in [-0.39, 0.29) is 17.0 Å². The third-order valence-corrected chi connectivity index (χ3v) is 6.46. The van der Waals surface area contributed by atoms with Crippen molar-refractivity contribution < 1.29 is 9.18 Å². The van der Waals surface area contributed by atoms with Crippen LogP contribution in [0, 0.1) is 5.82 Å². The Morgan fingerprint density at radius 2 is 1.85 bits per heavy atom. The van der Waals surface area contributed by atoms with E-state index in [9.17, 15) is 14.0 Å². The highest BCUT2D eigenvalue weighted by atomic mass is 19.1. The van der Waals surface area contributed by atoms with Gasteiger partial charge in [0.1, 0.15) is 11.6 Å². The molecule has 8 nitrogen and oxygen atoms in total. The summed E-state index contributed by atoms with van der Waals surface area (Å²) in [5.74, 6) is -0.0734. The molecule has 1 aliphatic carbocycles. The highest BCUT2D eigenvalue weighted by molar-refractivity contribution is 5.95. The number of aromatic nitrogens is 4. The van der Waals surface area contributed by atoms with E-state index in [2.05, 4.69) is 25.1 Å². The van der Waals surface area contributed by atoms with E-state index < -0.39 is 5.82 Å². The number of nitrogens with zero attached hydrogens (tertiary/aromatic N) is 5. The van der Waals surface area contributed by atoms with E-state index in [0.29, 0.717) is 32.6 Å². The maximum absolute atomic E-state index is 14.6.